The van der Waals surface area contributed by atoms with E-state index in [1.54, 1.807) is 6.07 Å². The van der Waals surface area contributed by atoms with Crippen molar-refractivity contribution in [2.24, 2.45) is 5.73 Å². The first kappa shape index (κ1) is 21.8. The number of aromatic nitrogens is 1. The van der Waals surface area contributed by atoms with Crippen molar-refractivity contribution in [3.63, 3.8) is 0 Å². The number of benzene rings is 1. The molecule has 31 heavy (non-hydrogen) atoms. The van der Waals surface area contributed by atoms with Crippen molar-refractivity contribution in [3.8, 4) is 11.3 Å². The number of hydrogen-bond acceptors (Lipinski definition) is 8. The Balaban J connectivity index is 1.43. The Labute approximate surface area is 189 Å². The molecule has 0 radical (unpaired) electrons. The molecule has 2 aromatic rings. The summed E-state index contributed by atoms with van der Waals surface area (Å²) < 4.78 is 0. The highest BCUT2D eigenvalue weighted by atomic mass is 35.5. The maximum absolute atomic E-state index is 10.7. The molecule has 4 rings (SSSR count). The molecule has 1 aromatic heterocycles. The van der Waals surface area contributed by atoms with Crippen LogP contribution >= 0.6 is 23.2 Å². The van der Waals surface area contributed by atoms with Crippen LogP contribution in [0.1, 0.15) is 18.2 Å². The normalized spacial score (nSPS) is 21.9. The van der Waals surface area contributed by atoms with E-state index in [0.717, 1.165) is 42.0 Å². The van der Waals surface area contributed by atoms with Gasteiger partial charge in [0, 0.05) is 47.4 Å². The standard InChI is InChI=1S/C20H22Cl2N6O3/c1-20(12-27(25-31-20)10-19(23)28(29)30)11-26-5-4-18-13(9-26)2-3-17(24-18)14-6-15(21)8-16(22)7-14/h2-3,6-8,10,25H,4-5,9,11-12,23H2,1H3/b19-10+/t20-/m0/s1. The van der Waals surface area contributed by atoms with Crippen molar-refractivity contribution < 1.29 is 9.76 Å². The molecule has 0 saturated carbocycles. The molecular weight excluding hydrogens is 443 g/mol. The van der Waals surface area contributed by atoms with E-state index in [1.165, 1.54) is 11.2 Å². The van der Waals surface area contributed by atoms with Crippen LogP contribution in [0.4, 0.5) is 0 Å². The zero-order chi connectivity index (χ0) is 22.2. The molecule has 0 amide bonds. The molecule has 1 saturated heterocycles. The molecule has 1 atom stereocenters. The van der Waals surface area contributed by atoms with Gasteiger partial charge in [-0.15, -0.1) is 5.59 Å². The predicted molar refractivity (Wildman–Crippen MR) is 117 cm³/mol. The fourth-order valence-corrected chi connectivity index (χ4v) is 4.43. The summed E-state index contributed by atoms with van der Waals surface area (Å²) in [5, 5.41) is 13.4. The van der Waals surface area contributed by atoms with E-state index in [4.69, 9.17) is 38.8 Å². The predicted octanol–water partition coefficient (Wildman–Crippen LogP) is 2.96. The molecule has 2 aliphatic rings. The summed E-state index contributed by atoms with van der Waals surface area (Å²) >= 11 is 12.3. The van der Waals surface area contributed by atoms with Crippen LogP contribution in [0.3, 0.4) is 0 Å². The Hall–Kier alpha value is -2.43. The molecule has 1 aromatic carbocycles. The number of nitro groups is 1. The van der Waals surface area contributed by atoms with Crippen molar-refractivity contribution in [1.29, 1.82) is 0 Å². The number of rotatable bonds is 5. The second-order valence-corrected chi connectivity index (χ2v) is 8.88. The quantitative estimate of drug-likeness (QED) is 0.513. The first-order valence-corrected chi connectivity index (χ1v) is 10.5. The minimum absolute atomic E-state index is 0.428. The number of pyridine rings is 1. The van der Waals surface area contributed by atoms with E-state index in [9.17, 15) is 10.1 Å². The highest BCUT2D eigenvalue weighted by molar-refractivity contribution is 6.35. The van der Waals surface area contributed by atoms with Gasteiger partial charge in [-0.1, -0.05) is 29.3 Å². The Kier molecular flexibility index (Phi) is 6.05. The number of halogens is 2. The molecule has 2 aliphatic heterocycles. The zero-order valence-electron chi connectivity index (χ0n) is 16.8. The van der Waals surface area contributed by atoms with Gasteiger partial charge >= 0.3 is 5.82 Å². The van der Waals surface area contributed by atoms with Gasteiger partial charge in [0.15, 0.2) is 0 Å². The highest BCUT2D eigenvalue weighted by Gasteiger charge is 2.37. The lowest BCUT2D eigenvalue weighted by Crippen LogP contribution is -2.45. The molecule has 9 nitrogen and oxygen atoms in total. The molecule has 0 spiro atoms. The number of hydrogen-bond donors (Lipinski definition) is 2. The third-order valence-corrected chi connectivity index (χ3v) is 5.69. The lowest BCUT2D eigenvalue weighted by atomic mass is 10.0. The minimum atomic E-state index is -0.641. The SMILES string of the molecule is C[C@]1(CN2CCc3nc(-c4cc(Cl)cc(Cl)c4)ccc3C2)CN(/C=C(\N)[N+](=O)[O-])NO1. The molecule has 1 fully saturated rings. The minimum Gasteiger partial charge on any atom is -0.358 e. The number of nitrogens with one attached hydrogen (secondary N) is 1. The van der Waals surface area contributed by atoms with E-state index in [-0.39, 0.29) is 0 Å². The lowest BCUT2D eigenvalue weighted by molar-refractivity contribution is -0.427. The number of nitrogens with zero attached hydrogens (tertiary/aromatic N) is 4. The fraction of sp³-hybridized carbons (Fsp3) is 0.350. The van der Waals surface area contributed by atoms with Gasteiger partial charge < -0.3 is 10.1 Å². The summed E-state index contributed by atoms with van der Waals surface area (Å²) in [4.78, 5) is 22.9. The zero-order valence-corrected chi connectivity index (χ0v) is 18.4. The van der Waals surface area contributed by atoms with Crippen LogP contribution in [0.2, 0.25) is 10.0 Å². The van der Waals surface area contributed by atoms with Gasteiger partial charge in [0.25, 0.3) is 0 Å². The first-order chi connectivity index (χ1) is 14.7. The van der Waals surface area contributed by atoms with E-state index in [0.29, 0.717) is 23.1 Å². The van der Waals surface area contributed by atoms with Crippen molar-refractivity contribution in [2.75, 3.05) is 19.6 Å². The lowest BCUT2D eigenvalue weighted by Gasteiger charge is -2.33. The van der Waals surface area contributed by atoms with Crippen LogP contribution < -0.4 is 11.3 Å². The fourth-order valence-electron chi connectivity index (χ4n) is 3.90. The van der Waals surface area contributed by atoms with Gasteiger partial charge in [0.1, 0.15) is 11.8 Å². The monoisotopic (exact) mass is 464 g/mol. The number of fused-ring (bicyclic) bond motifs is 1. The second kappa shape index (κ2) is 8.60. The first-order valence-electron chi connectivity index (χ1n) is 9.70. The van der Waals surface area contributed by atoms with Crippen molar-refractivity contribution in [1.82, 2.24) is 20.5 Å². The smallest absolute Gasteiger partial charge is 0.331 e. The van der Waals surface area contributed by atoms with Crippen LogP contribution in [0.5, 0.6) is 0 Å². The maximum atomic E-state index is 10.7. The van der Waals surface area contributed by atoms with Gasteiger partial charge in [-0.3, -0.25) is 25.5 Å². The van der Waals surface area contributed by atoms with Crippen molar-refractivity contribution in [2.45, 2.75) is 25.5 Å². The van der Waals surface area contributed by atoms with Crippen LogP contribution in [0.25, 0.3) is 11.3 Å². The number of nitrogens with two attached hydrogens (primary N) is 1. The van der Waals surface area contributed by atoms with E-state index in [2.05, 4.69) is 16.6 Å². The number of hydrazine groups is 1. The molecular formula is C20H22Cl2N6O3. The summed E-state index contributed by atoms with van der Waals surface area (Å²) in [5.74, 6) is -0.449. The summed E-state index contributed by atoms with van der Waals surface area (Å²) in [5.41, 5.74) is 11.5. The topological polar surface area (TPSA) is 110 Å². The van der Waals surface area contributed by atoms with Gasteiger partial charge in [-0.2, -0.15) is 0 Å². The molecule has 0 aliphatic carbocycles. The largest absolute Gasteiger partial charge is 0.358 e. The summed E-state index contributed by atoms with van der Waals surface area (Å²) in [6.45, 7) is 4.59. The Morgan fingerprint density at radius 1 is 1.39 bits per heavy atom. The second-order valence-electron chi connectivity index (χ2n) is 8.00. The molecule has 0 unspecified atom stereocenters. The van der Waals surface area contributed by atoms with Crippen molar-refractivity contribution >= 4 is 23.2 Å². The third kappa shape index (κ3) is 5.08. The average molecular weight is 465 g/mol. The van der Waals surface area contributed by atoms with Gasteiger partial charge in [0.05, 0.1) is 12.2 Å². The van der Waals surface area contributed by atoms with Gasteiger partial charge in [-0.05, 0) is 41.7 Å². The molecule has 3 heterocycles. The summed E-state index contributed by atoms with van der Waals surface area (Å²) in [6.07, 6.45) is 2.03. The van der Waals surface area contributed by atoms with Gasteiger partial charge in [0.2, 0.25) is 0 Å². The Morgan fingerprint density at radius 2 is 2.13 bits per heavy atom. The van der Waals surface area contributed by atoms with Crippen LogP contribution in [-0.2, 0) is 17.8 Å². The summed E-state index contributed by atoms with van der Waals surface area (Å²) in [7, 11) is 0. The van der Waals surface area contributed by atoms with Crippen molar-refractivity contribution in [3.05, 3.63) is 73.8 Å². The van der Waals surface area contributed by atoms with Crippen LogP contribution in [0, 0.1) is 10.1 Å². The van der Waals surface area contributed by atoms with E-state index < -0.39 is 16.3 Å². The third-order valence-electron chi connectivity index (χ3n) is 5.26. The van der Waals surface area contributed by atoms with E-state index in [1.807, 2.05) is 25.1 Å². The molecule has 0 bridgehead atoms. The Morgan fingerprint density at radius 3 is 2.84 bits per heavy atom. The van der Waals surface area contributed by atoms with Crippen LogP contribution in [0.15, 0.2) is 42.4 Å². The maximum Gasteiger partial charge on any atom is 0.331 e. The molecule has 164 valence electrons. The van der Waals surface area contributed by atoms with Crippen LogP contribution in [-0.4, -0.2) is 45.1 Å². The molecule has 11 heteroatoms. The van der Waals surface area contributed by atoms with E-state index >= 15 is 0 Å². The Bertz CT molecular complexity index is 1030. The summed E-state index contributed by atoms with van der Waals surface area (Å²) in [6, 6.07) is 9.48. The highest BCUT2D eigenvalue weighted by Crippen LogP contribution is 2.29. The average Bonchev–Trinajstić information content (AvgIpc) is 3.06. The molecule has 3 N–H and O–H groups in total. The van der Waals surface area contributed by atoms with Gasteiger partial charge in [-0.25, -0.2) is 0 Å².